The molecule has 1 aliphatic heterocycles. The van der Waals surface area contributed by atoms with Crippen LogP contribution in [-0.4, -0.2) is 51.9 Å². The van der Waals surface area contributed by atoms with Crippen LogP contribution >= 0.6 is 0 Å². The lowest BCUT2D eigenvalue weighted by atomic mass is 9.91. The number of nitrogens with zero attached hydrogens (tertiary/aromatic N) is 4. The number of hydrogen-bond donors (Lipinski definition) is 0. The molecule has 0 unspecified atom stereocenters. The second-order valence-corrected chi connectivity index (χ2v) is 7.77. The molecule has 2 aromatic heterocycles. The van der Waals surface area contributed by atoms with E-state index >= 15 is 0 Å². The fraction of sp³-hybridized carbons (Fsp3) is 0.320. The molecule has 1 aromatic carbocycles. The first-order valence-corrected chi connectivity index (χ1v) is 10.6. The van der Waals surface area contributed by atoms with Crippen molar-refractivity contribution < 1.29 is 4.79 Å². The SMILES string of the molecule is CCN1CCN(Cc2ccccn2)C[C@H](Cc2ccccc2-c2cccnc2)C1=O. The Bertz CT molecular complexity index is 961. The van der Waals surface area contributed by atoms with Gasteiger partial charge in [-0.25, -0.2) is 0 Å². The van der Waals surface area contributed by atoms with E-state index in [-0.39, 0.29) is 11.8 Å². The lowest BCUT2D eigenvalue weighted by Gasteiger charge is -2.24. The predicted molar refractivity (Wildman–Crippen MR) is 119 cm³/mol. The molecule has 0 N–H and O–H groups in total. The molecule has 0 aliphatic carbocycles. The Morgan fingerprint density at radius 1 is 1.00 bits per heavy atom. The van der Waals surface area contributed by atoms with Crippen molar-refractivity contribution in [3.8, 4) is 11.1 Å². The van der Waals surface area contributed by atoms with Crippen LogP contribution in [0.4, 0.5) is 0 Å². The van der Waals surface area contributed by atoms with Gasteiger partial charge in [0.15, 0.2) is 0 Å². The Hall–Kier alpha value is -3.05. The molecule has 154 valence electrons. The second kappa shape index (κ2) is 9.63. The topological polar surface area (TPSA) is 49.3 Å². The molecule has 1 atom stereocenters. The van der Waals surface area contributed by atoms with Gasteiger partial charge in [-0.2, -0.15) is 0 Å². The average molecular weight is 401 g/mol. The Morgan fingerprint density at radius 3 is 2.63 bits per heavy atom. The van der Waals surface area contributed by atoms with Gasteiger partial charge in [0.2, 0.25) is 5.91 Å². The third-order valence-corrected chi connectivity index (χ3v) is 5.78. The predicted octanol–water partition coefficient (Wildman–Crippen LogP) is 3.67. The number of rotatable bonds is 6. The zero-order valence-electron chi connectivity index (χ0n) is 17.4. The van der Waals surface area contributed by atoms with Crippen LogP contribution in [0.3, 0.4) is 0 Å². The van der Waals surface area contributed by atoms with Crippen LogP contribution in [0.15, 0.2) is 73.2 Å². The Labute approximate surface area is 178 Å². The van der Waals surface area contributed by atoms with Crippen LogP contribution in [0.5, 0.6) is 0 Å². The largest absolute Gasteiger partial charge is 0.341 e. The van der Waals surface area contributed by atoms with Gasteiger partial charge in [0.05, 0.1) is 11.6 Å². The van der Waals surface area contributed by atoms with Crippen molar-refractivity contribution in [3.05, 3.63) is 84.4 Å². The smallest absolute Gasteiger partial charge is 0.227 e. The molecule has 1 amide bonds. The van der Waals surface area contributed by atoms with Gasteiger partial charge in [-0.1, -0.05) is 36.4 Å². The number of carbonyl (C=O) groups excluding carboxylic acids is 1. The van der Waals surface area contributed by atoms with Crippen molar-refractivity contribution in [2.75, 3.05) is 26.2 Å². The number of aromatic nitrogens is 2. The van der Waals surface area contributed by atoms with Gasteiger partial charge in [-0.05, 0) is 42.7 Å². The summed E-state index contributed by atoms with van der Waals surface area (Å²) in [7, 11) is 0. The van der Waals surface area contributed by atoms with Crippen molar-refractivity contribution in [3.63, 3.8) is 0 Å². The monoisotopic (exact) mass is 400 g/mol. The van der Waals surface area contributed by atoms with Crippen LogP contribution in [-0.2, 0) is 17.8 Å². The van der Waals surface area contributed by atoms with Gasteiger partial charge < -0.3 is 4.90 Å². The number of pyridine rings is 2. The van der Waals surface area contributed by atoms with Gasteiger partial charge in [-0.15, -0.1) is 0 Å². The summed E-state index contributed by atoms with van der Waals surface area (Å²) < 4.78 is 0. The molecule has 0 radical (unpaired) electrons. The minimum atomic E-state index is -0.0750. The summed E-state index contributed by atoms with van der Waals surface area (Å²) in [5.41, 5.74) is 4.48. The maximum atomic E-state index is 13.3. The maximum absolute atomic E-state index is 13.3. The van der Waals surface area contributed by atoms with Gasteiger partial charge in [-0.3, -0.25) is 19.7 Å². The second-order valence-electron chi connectivity index (χ2n) is 7.77. The highest BCUT2D eigenvalue weighted by Gasteiger charge is 2.30. The van der Waals surface area contributed by atoms with Crippen molar-refractivity contribution in [1.82, 2.24) is 19.8 Å². The van der Waals surface area contributed by atoms with E-state index in [0.717, 1.165) is 56.0 Å². The number of carbonyl (C=O) groups is 1. The molecular weight excluding hydrogens is 372 g/mol. The van der Waals surface area contributed by atoms with Crippen molar-refractivity contribution in [2.24, 2.45) is 5.92 Å². The molecule has 3 heterocycles. The van der Waals surface area contributed by atoms with Crippen LogP contribution in [0.2, 0.25) is 0 Å². The first-order chi connectivity index (χ1) is 14.7. The zero-order valence-corrected chi connectivity index (χ0v) is 17.4. The molecule has 0 bridgehead atoms. The van der Waals surface area contributed by atoms with Crippen molar-refractivity contribution >= 4 is 5.91 Å². The van der Waals surface area contributed by atoms with Crippen LogP contribution < -0.4 is 0 Å². The Morgan fingerprint density at radius 2 is 1.87 bits per heavy atom. The Balaban J connectivity index is 1.59. The van der Waals surface area contributed by atoms with Gasteiger partial charge in [0, 0.05) is 56.9 Å². The number of likely N-dealkylation sites (N-methyl/N-ethyl adjacent to an activating group) is 1. The molecule has 0 spiro atoms. The van der Waals surface area contributed by atoms with Gasteiger partial charge in [0.25, 0.3) is 0 Å². The fourth-order valence-corrected chi connectivity index (χ4v) is 4.21. The lowest BCUT2D eigenvalue weighted by molar-refractivity contribution is -0.134. The summed E-state index contributed by atoms with van der Waals surface area (Å²) in [6.45, 7) is 5.96. The molecule has 1 fully saturated rings. The molecule has 1 saturated heterocycles. The van der Waals surface area contributed by atoms with E-state index in [9.17, 15) is 4.79 Å². The Kier molecular flexibility index (Phi) is 6.50. The summed E-state index contributed by atoms with van der Waals surface area (Å²) in [6.07, 6.45) is 6.23. The summed E-state index contributed by atoms with van der Waals surface area (Å²) >= 11 is 0. The summed E-state index contributed by atoms with van der Waals surface area (Å²) in [5.74, 6) is 0.177. The van der Waals surface area contributed by atoms with E-state index in [1.165, 1.54) is 5.56 Å². The highest BCUT2D eigenvalue weighted by Crippen LogP contribution is 2.27. The molecule has 30 heavy (non-hydrogen) atoms. The fourth-order valence-electron chi connectivity index (χ4n) is 4.21. The van der Waals surface area contributed by atoms with Gasteiger partial charge >= 0.3 is 0 Å². The lowest BCUT2D eigenvalue weighted by Crippen LogP contribution is -2.37. The van der Waals surface area contributed by atoms with Gasteiger partial charge in [0.1, 0.15) is 0 Å². The number of amides is 1. The van der Waals surface area contributed by atoms with E-state index in [2.05, 4.69) is 52.1 Å². The first kappa shape index (κ1) is 20.2. The normalized spacial score (nSPS) is 17.7. The van der Waals surface area contributed by atoms with Crippen LogP contribution in [0, 0.1) is 5.92 Å². The minimum absolute atomic E-state index is 0.0750. The molecule has 0 saturated carbocycles. The van der Waals surface area contributed by atoms with Crippen molar-refractivity contribution in [2.45, 2.75) is 19.9 Å². The molecule has 3 aromatic rings. The average Bonchev–Trinajstić information content (AvgIpc) is 2.94. The van der Waals surface area contributed by atoms with E-state index in [0.29, 0.717) is 0 Å². The standard InChI is InChI=1S/C25H28N4O/c1-2-29-15-14-28(19-23-10-5-6-13-27-23)18-22(25(29)30)16-20-8-3-4-11-24(20)21-9-7-12-26-17-21/h3-13,17,22H,2,14-16,18-19H2,1H3/t22-/m0/s1. The molecule has 5 nitrogen and oxygen atoms in total. The molecule has 5 heteroatoms. The van der Waals surface area contributed by atoms with E-state index in [1.54, 1.807) is 6.20 Å². The number of hydrogen-bond acceptors (Lipinski definition) is 4. The molecular formula is C25H28N4O. The number of benzene rings is 1. The third kappa shape index (κ3) is 4.74. The van der Waals surface area contributed by atoms with E-state index in [1.807, 2.05) is 41.6 Å². The summed E-state index contributed by atoms with van der Waals surface area (Å²) in [6, 6.07) is 18.4. The summed E-state index contributed by atoms with van der Waals surface area (Å²) in [4.78, 5) is 26.4. The minimum Gasteiger partial charge on any atom is -0.341 e. The van der Waals surface area contributed by atoms with E-state index in [4.69, 9.17) is 0 Å². The third-order valence-electron chi connectivity index (χ3n) is 5.78. The highest BCUT2D eigenvalue weighted by atomic mass is 16.2. The van der Waals surface area contributed by atoms with Crippen LogP contribution in [0.25, 0.3) is 11.1 Å². The maximum Gasteiger partial charge on any atom is 0.227 e. The first-order valence-electron chi connectivity index (χ1n) is 10.6. The van der Waals surface area contributed by atoms with E-state index < -0.39 is 0 Å². The molecule has 1 aliphatic rings. The van der Waals surface area contributed by atoms with Crippen LogP contribution in [0.1, 0.15) is 18.2 Å². The molecule has 4 rings (SSSR count). The quantitative estimate of drug-likeness (QED) is 0.634. The van der Waals surface area contributed by atoms with Crippen molar-refractivity contribution in [1.29, 1.82) is 0 Å². The highest BCUT2D eigenvalue weighted by molar-refractivity contribution is 5.80. The zero-order chi connectivity index (χ0) is 20.8. The summed E-state index contributed by atoms with van der Waals surface area (Å²) in [5, 5.41) is 0.